The van der Waals surface area contributed by atoms with Crippen molar-refractivity contribution in [3.05, 3.63) is 145 Å². The van der Waals surface area contributed by atoms with Gasteiger partial charge in [-0.2, -0.15) is 0 Å². The van der Waals surface area contributed by atoms with Gasteiger partial charge >= 0.3 is 0 Å². The van der Waals surface area contributed by atoms with Crippen molar-refractivity contribution >= 4 is 21.9 Å². The molecule has 0 amide bonds. The first-order valence-electron chi connectivity index (χ1n) is 14.8. The average Bonchev–Trinajstić information content (AvgIpc) is 3.67. The van der Waals surface area contributed by atoms with E-state index < -0.39 is 0 Å². The summed E-state index contributed by atoms with van der Waals surface area (Å²) in [5.74, 6) is 3.01. The van der Waals surface area contributed by atoms with Gasteiger partial charge in [0.25, 0.3) is 0 Å². The number of fused-ring (bicyclic) bond motifs is 6. The lowest BCUT2D eigenvalue weighted by atomic mass is 9.89. The summed E-state index contributed by atoms with van der Waals surface area (Å²) in [4.78, 5) is 15.0. The monoisotopic (exact) mass is 567 g/mol. The van der Waals surface area contributed by atoms with Crippen molar-refractivity contribution in [2.45, 2.75) is 12.0 Å². The van der Waals surface area contributed by atoms with E-state index in [1.54, 1.807) is 0 Å². The quantitative estimate of drug-likeness (QED) is 0.212. The predicted octanol–water partition coefficient (Wildman–Crippen LogP) is 9.41. The van der Waals surface area contributed by atoms with Crippen LogP contribution < -0.4 is 4.74 Å². The lowest BCUT2D eigenvalue weighted by molar-refractivity contribution is 0.269. The van der Waals surface area contributed by atoms with E-state index in [9.17, 15) is 0 Å². The largest absolute Gasteiger partial charge is 0.485 e. The molecular weight excluding hydrogens is 542 g/mol. The number of rotatable bonds is 4. The van der Waals surface area contributed by atoms with Crippen LogP contribution in [0.1, 0.15) is 11.5 Å². The summed E-state index contributed by atoms with van der Waals surface area (Å²) in [6.07, 6.45) is 8.56. The zero-order valence-corrected chi connectivity index (χ0v) is 23.6. The summed E-state index contributed by atoms with van der Waals surface area (Å²) in [7, 11) is 0. The lowest BCUT2D eigenvalue weighted by Gasteiger charge is -2.14. The molecule has 1 aliphatic heterocycles. The van der Waals surface area contributed by atoms with E-state index in [0.29, 0.717) is 17.5 Å². The van der Waals surface area contributed by atoms with Gasteiger partial charge in [0.1, 0.15) is 23.0 Å². The number of nitrogens with zero attached hydrogens (tertiary/aromatic N) is 3. The molecule has 9 rings (SSSR count). The molecule has 2 unspecified atom stereocenters. The number of hydrogen-bond donors (Lipinski definition) is 0. The first-order chi connectivity index (χ1) is 21.8. The minimum atomic E-state index is 0.0452. The molecule has 2 aliphatic rings. The Balaban J connectivity index is 1.28. The van der Waals surface area contributed by atoms with Gasteiger partial charge in [-0.15, -0.1) is 0 Å². The molecule has 1 aliphatic carbocycles. The number of aromatic nitrogens is 3. The fraction of sp³-hybridized carbons (Fsp3) is 0.0513. The summed E-state index contributed by atoms with van der Waals surface area (Å²) in [5, 5.41) is 2.02. The molecule has 0 saturated heterocycles. The molecule has 0 radical (unpaired) electrons. The molecule has 3 heterocycles. The smallest absolute Gasteiger partial charge is 0.164 e. The van der Waals surface area contributed by atoms with Gasteiger partial charge in [0, 0.05) is 38.9 Å². The molecule has 5 aromatic carbocycles. The number of benzene rings is 5. The molecule has 7 aromatic rings. The highest BCUT2D eigenvalue weighted by Gasteiger charge is 2.32. The standard InChI is InChI=1S/C39H25N3O2/c1-3-11-24(12-4-1)37-40-38(25-13-5-2-6-14-25)42-39(41-37)29-17-10-20-34-36(29)35-27(16-9-19-33(35)44-34)26-21-22-32-30(23-26)28-15-7-8-18-31(28)43-32/h1-23,28,31H. The first-order valence-corrected chi connectivity index (χ1v) is 14.8. The van der Waals surface area contributed by atoms with Gasteiger partial charge < -0.3 is 9.15 Å². The van der Waals surface area contributed by atoms with Crippen molar-refractivity contribution in [3.8, 4) is 51.0 Å². The predicted molar refractivity (Wildman–Crippen MR) is 174 cm³/mol. The van der Waals surface area contributed by atoms with Crippen LogP contribution >= 0.6 is 0 Å². The second kappa shape index (κ2) is 9.89. The number of allylic oxidation sites excluding steroid dienone is 2. The summed E-state index contributed by atoms with van der Waals surface area (Å²) >= 11 is 0. The third-order valence-corrected chi connectivity index (χ3v) is 8.49. The highest BCUT2D eigenvalue weighted by atomic mass is 16.5. The Morgan fingerprint density at radius 3 is 1.82 bits per heavy atom. The minimum Gasteiger partial charge on any atom is -0.485 e. The zero-order valence-electron chi connectivity index (χ0n) is 23.6. The number of hydrogen-bond acceptors (Lipinski definition) is 5. The molecule has 44 heavy (non-hydrogen) atoms. The van der Waals surface area contributed by atoms with Gasteiger partial charge in [-0.3, -0.25) is 0 Å². The van der Waals surface area contributed by atoms with Crippen LogP contribution in [0.2, 0.25) is 0 Å². The van der Waals surface area contributed by atoms with Crippen LogP contribution in [-0.4, -0.2) is 21.1 Å². The van der Waals surface area contributed by atoms with Crippen molar-refractivity contribution in [2.24, 2.45) is 0 Å². The van der Waals surface area contributed by atoms with Crippen LogP contribution in [0.25, 0.3) is 67.2 Å². The second-order valence-electron chi connectivity index (χ2n) is 11.1. The van der Waals surface area contributed by atoms with E-state index >= 15 is 0 Å². The third kappa shape index (κ3) is 3.97. The molecule has 0 N–H and O–H groups in total. The van der Waals surface area contributed by atoms with Crippen molar-refractivity contribution in [1.82, 2.24) is 15.0 Å². The van der Waals surface area contributed by atoms with Crippen molar-refractivity contribution in [2.75, 3.05) is 0 Å². The van der Waals surface area contributed by atoms with Crippen LogP contribution in [-0.2, 0) is 0 Å². The van der Waals surface area contributed by atoms with Gasteiger partial charge in [-0.25, -0.2) is 15.0 Å². The van der Waals surface area contributed by atoms with E-state index in [1.807, 2.05) is 78.9 Å². The van der Waals surface area contributed by atoms with Crippen LogP contribution in [0, 0.1) is 0 Å². The van der Waals surface area contributed by atoms with E-state index in [0.717, 1.165) is 55.5 Å². The van der Waals surface area contributed by atoms with E-state index in [-0.39, 0.29) is 12.0 Å². The summed E-state index contributed by atoms with van der Waals surface area (Å²) < 4.78 is 12.7. The third-order valence-electron chi connectivity index (χ3n) is 8.49. The Labute approximate surface area is 253 Å². The molecule has 5 nitrogen and oxygen atoms in total. The molecule has 0 saturated carbocycles. The molecule has 208 valence electrons. The van der Waals surface area contributed by atoms with Gasteiger partial charge in [-0.05, 0) is 41.5 Å². The Hall–Kier alpha value is -5.81. The summed E-state index contributed by atoms with van der Waals surface area (Å²) in [5.41, 5.74) is 7.79. The molecular formula is C39H25N3O2. The second-order valence-corrected chi connectivity index (χ2v) is 11.1. The fourth-order valence-corrected chi connectivity index (χ4v) is 6.43. The van der Waals surface area contributed by atoms with Crippen molar-refractivity contribution < 1.29 is 9.15 Å². The van der Waals surface area contributed by atoms with Crippen molar-refractivity contribution in [3.63, 3.8) is 0 Å². The van der Waals surface area contributed by atoms with Gasteiger partial charge in [0.05, 0.1) is 0 Å². The molecule has 5 heteroatoms. The zero-order chi connectivity index (χ0) is 29.0. The van der Waals surface area contributed by atoms with Crippen LogP contribution in [0.3, 0.4) is 0 Å². The molecule has 0 spiro atoms. The van der Waals surface area contributed by atoms with Crippen LogP contribution in [0.5, 0.6) is 5.75 Å². The highest BCUT2D eigenvalue weighted by Crippen LogP contribution is 2.46. The molecule has 0 bridgehead atoms. The highest BCUT2D eigenvalue weighted by molar-refractivity contribution is 6.17. The van der Waals surface area contributed by atoms with Gasteiger partial charge in [0.15, 0.2) is 17.5 Å². The summed E-state index contributed by atoms with van der Waals surface area (Å²) in [6, 6.07) is 39.0. The van der Waals surface area contributed by atoms with E-state index in [2.05, 4.69) is 60.7 Å². The summed E-state index contributed by atoms with van der Waals surface area (Å²) in [6.45, 7) is 0. The van der Waals surface area contributed by atoms with E-state index in [4.69, 9.17) is 24.1 Å². The minimum absolute atomic E-state index is 0.0452. The van der Waals surface area contributed by atoms with Gasteiger partial charge in [-0.1, -0.05) is 109 Å². The van der Waals surface area contributed by atoms with Crippen LogP contribution in [0.15, 0.2) is 144 Å². The molecule has 0 fully saturated rings. The maximum atomic E-state index is 6.47. The molecule has 2 aromatic heterocycles. The Morgan fingerprint density at radius 2 is 1.11 bits per heavy atom. The maximum Gasteiger partial charge on any atom is 0.164 e. The fourth-order valence-electron chi connectivity index (χ4n) is 6.43. The Morgan fingerprint density at radius 1 is 0.500 bits per heavy atom. The van der Waals surface area contributed by atoms with Crippen molar-refractivity contribution in [1.29, 1.82) is 0 Å². The Kier molecular flexibility index (Phi) is 5.56. The van der Waals surface area contributed by atoms with Gasteiger partial charge in [0.2, 0.25) is 0 Å². The SMILES string of the molecule is C1=CC2Oc3ccc(-c4cccc5oc6cccc(-c7nc(-c8ccccc8)nc(-c8ccccc8)n7)c6c45)cc3C2C=C1. The normalized spacial score (nSPS) is 16.6. The van der Waals surface area contributed by atoms with Crippen LogP contribution in [0.4, 0.5) is 0 Å². The topological polar surface area (TPSA) is 61.0 Å². The Bertz CT molecular complexity index is 2210. The average molecular weight is 568 g/mol. The lowest BCUT2D eigenvalue weighted by Crippen LogP contribution is -2.15. The molecule has 2 atom stereocenters. The number of furan rings is 1. The van der Waals surface area contributed by atoms with E-state index in [1.165, 1.54) is 5.56 Å². The number of ether oxygens (including phenoxy) is 1. The maximum absolute atomic E-state index is 6.47. The first kappa shape index (κ1) is 24.8.